The zero-order chi connectivity index (χ0) is 15.5. The number of aromatic nitrogens is 1. The van der Waals surface area contributed by atoms with Gasteiger partial charge in [0.15, 0.2) is 0 Å². The second-order valence-corrected chi connectivity index (χ2v) is 6.12. The van der Waals surface area contributed by atoms with Crippen molar-refractivity contribution >= 4 is 16.8 Å². The lowest BCUT2D eigenvalue weighted by Gasteiger charge is -2.32. The Morgan fingerprint density at radius 2 is 2.05 bits per heavy atom. The molecule has 1 saturated heterocycles. The molecule has 1 fully saturated rings. The molecule has 2 aromatic rings. The van der Waals surface area contributed by atoms with E-state index in [9.17, 15) is 4.79 Å². The van der Waals surface area contributed by atoms with Gasteiger partial charge in [0, 0.05) is 24.2 Å². The Hall–Kier alpha value is -1.94. The predicted octanol–water partition coefficient (Wildman–Crippen LogP) is 2.61. The number of amides is 1. The Morgan fingerprint density at radius 3 is 2.77 bits per heavy atom. The van der Waals surface area contributed by atoms with Crippen molar-refractivity contribution in [3.8, 4) is 0 Å². The third-order valence-electron chi connectivity index (χ3n) is 4.47. The van der Waals surface area contributed by atoms with E-state index in [-0.39, 0.29) is 5.91 Å². The Bertz CT molecular complexity index is 675. The summed E-state index contributed by atoms with van der Waals surface area (Å²) in [5, 5.41) is 4.19. The molecular weight excluding hydrogens is 274 g/mol. The molecule has 4 nitrogen and oxygen atoms in total. The normalized spacial score (nSPS) is 16.2. The topological polar surface area (TPSA) is 45.2 Å². The van der Waals surface area contributed by atoms with E-state index in [1.165, 1.54) is 0 Å². The summed E-state index contributed by atoms with van der Waals surface area (Å²) >= 11 is 0. The van der Waals surface area contributed by atoms with Crippen molar-refractivity contribution < 1.29 is 4.79 Å². The van der Waals surface area contributed by atoms with Gasteiger partial charge in [-0.2, -0.15) is 0 Å². The fourth-order valence-electron chi connectivity index (χ4n) is 3.28. The lowest BCUT2D eigenvalue weighted by atomic mass is 9.96. The summed E-state index contributed by atoms with van der Waals surface area (Å²) < 4.78 is 0. The van der Waals surface area contributed by atoms with Gasteiger partial charge in [-0.1, -0.05) is 18.2 Å². The van der Waals surface area contributed by atoms with E-state index in [0.717, 1.165) is 54.6 Å². The molecule has 22 heavy (non-hydrogen) atoms. The molecule has 0 aliphatic carbocycles. The second kappa shape index (κ2) is 6.44. The van der Waals surface area contributed by atoms with Crippen LogP contribution in [0.5, 0.6) is 0 Å². The highest BCUT2D eigenvalue weighted by Gasteiger charge is 2.24. The molecule has 0 bridgehead atoms. The average Bonchev–Trinajstić information content (AvgIpc) is 2.54. The number of nitrogens with zero attached hydrogens (tertiary/aromatic N) is 2. The summed E-state index contributed by atoms with van der Waals surface area (Å²) in [5.41, 5.74) is 2.58. The summed E-state index contributed by atoms with van der Waals surface area (Å²) in [6.07, 6.45) is 2.16. The predicted molar refractivity (Wildman–Crippen MR) is 89.0 cm³/mol. The minimum Gasteiger partial charge on any atom is -0.339 e. The van der Waals surface area contributed by atoms with Crippen LogP contribution in [-0.2, 0) is 0 Å². The number of likely N-dealkylation sites (tertiary alicyclic amines) is 1. The molecule has 1 N–H and O–H groups in total. The summed E-state index contributed by atoms with van der Waals surface area (Å²) in [5.74, 6) is 0.828. The highest BCUT2D eigenvalue weighted by atomic mass is 16.2. The van der Waals surface area contributed by atoms with Crippen molar-refractivity contribution in [1.29, 1.82) is 0 Å². The minimum atomic E-state index is 0.143. The molecule has 0 unspecified atom stereocenters. The maximum atomic E-state index is 12.9. The fraction of sp³-hybridized carbons (Fsp3) is 0.444. The molecule has 1 aromatic heterocycles. The molecule has 0 atom stereocenters. The number of benzene rings is 1. The Balaban J connectivity index is 1.84. The number of hydrogen-bond donors (Lipinski definition) is 1. The molecule has 1 aliphatic rings. The highest BCUT2D eigenvalue weighted by Crippen LogP contribution is 2.23. The van der Waals surface area contributed by atoms with Crippen LogP contribution in [-0.4, -0.2) is 42.5 Å². The maximum Gasteiger partial charge on any atom is 0.254 e. The van der Waals surface area contributed by atoms with Crippen LogP contribution in [0.2, 0.25) is 0 Å². The molecule has 0 saturated carbocycles. The largest absolute Gasteiger partial charge is 0.339 e. The first kappa shape index (κ1) is 15.0. The van der Waals surface area contributed by atoms with Crippen LogP contribution < -0.4 is 5.32 Å². The van der Waals surface area contributed by atoms with Crippen LogP contribution in [0.25, 0.3) is 10.9 Å². The van der Waals surface area contributed by atoms with Gasteiger partial charge < -0.3 is 10.2 Å². The number of nitrogens with one attached hydrogen (secondary N) is 1. The minimum absolute atomic E-state index is 0.143. The van der Waals surface area contributed by atoms with Crippen LogP contribution >= 0.6 is 0 Å². The van der Waals surface area contributed by atoms with E-state index < -0.39 is 0 Å². The van der Waals surface area contributed by atoms with Gasteiger partial charge in [-0.05, 0) is 51.4 Å². The van der Waals surface area contributed by atoms with Gasteiger partial charge in [-0.3, -0.25) is 9.78 Å². The van der Waals surface area contributed by atoms with Gasteiger partial charge in [0.2, 0.25) is 0 Å². The third kappa shape index (κ3) is 2.97. The molecule has 0 radical (unpaired) electrons. The van der Waals surface area contributed by atoms with Crippen molar-refractivity contribution in [2.24, 2.45) is 5.92 Å². The SMILES string of the molecule is CNCC1CCN(C(=O)c2cc(C)nc3ccccc23)CC1. The molecule has 4 heteroatoms. The van der Waals surface area contributed by atoms with Gasteiger partial charge in [-0.15, -0.1) is 0 Å². The van der Waals surface area contributed by atoms with Crippen molar-refractivity contribution in [1.82, 2.24) is 15.2 Å². The standard InChI is InChI=1S/C18H23N3O/c1-13-11-16(15-5-3-4-6-17(15)20-13)18(22)21-9-7-14(8-10-21)12-19-2/h3-6,11,14,19H,7-10,12H2,1-2H3. The van der Waals surface area contributed by atoms with Crippen molar-refractivity contribution in [3.63, 3.8) is 0 Å². The lowest BCUT2D eigenvalue weighted by Crippen LogP contribution is -2.40. The van der Waals surface area contributed by atoms with Gasteiger partial charge >= 0.3 is 0 Å². The summed E-state index contributed by atoms with van der Waals surface area (Å²) in [7, 11) is 1.99. The number of pyridine rings is 1. The van der Waals surface area contributed by atoms with Crippen molar-refractivity contribution in [2.75, 3.05) is 26.7 Å². The summed E-state index contributed by atoms with van der Waals surface area (Å²) in [6.45, 7) is 4.68. The smallest absolute Gasteiger partial charge is 0.254 e. The van der Waals surface area contributed by atoms with Crippen LogP contribution in [0.15, 0.2) is 30.3 Å². The van der Waals surface area contributed by atoms with Crippen molar-refractivity contribution in [2.45, 2.75) is 19.8 Å². The van der Waals surface area contributed by atoms with Gasteiger partial charge in [0.05, 0.1) is 11.1 Å². The van der Waals surface area contributed by atoms with Gasteiger partial charge in [0.1, 0.15) is 0 Å². The van der Waals surface area contributed by atoms with E-state index in [0.29, 0.717) is 5.92 Å². The monoisotopic (exact) mass is 297 g/mol. The maximum absolute atomic E-state index is 12.9. The second-order valence-electron chi connectivity index (χ2n) is 6.12. The van der Waals surface area contributed by atoms with E-state index in [4.69, 9.17) is 0 Å². The Labute approximate surface area is 131 Å². The zero-order valence-electron chi connectivity index (χ0n) is 13.3. The first-order valence-electron chi connectivity index (χ1n) is 7.99. The number of carbonyl (C=O) groups is 1. The molecule has 2 heterocycles. The summed E-state index contributed by atoms with van der Waals surface area (Å²) in [4.78, 5) is 19.4. The fourth-order valence-corrected chi connectivity index (χ4v) is 3.28. The molecular formula is C18H23N3O. The van der Waals surface area contributed by atoms with Gasteiger partial charge in [0.25, 0.3) is 5.91 Å². The molecule has 0 spiro atoms. The molecule has 1 amide bonds. The number of piperidine rings is 1. The van der Waals surface area contributed by atoms with Crippen LogP contribution in [0, 0.1) is 12.8 Å². The van der Waals surface area contributed by atoms with E-state index in [2.05, 4.69) is 10.3 Å². The van der Waals surface area contributed by atoms with Crippen molar-refractivity contribution in [3.05, 3.63) is 41.6 Å². The molecule has 1 aliphatic heterocycles. The third-order valence-corrected chi connectivity index (χ3v) is 4.47. The number of rotatable bonds is 3. The molecule has 1 aromatic carbocycles. The highest BCUT2D eigenvalue weighted by molar-refractivity contribution is 6.06. The van der Waals surface area contributed by atoms with E-state index in [1.54, 1.807) is 0 Å². The quantitative estimate of drug-likeness (QED) is 0.947. The van der Waals surface area contributed by atoms with Crippen LogP contribution in [0.1, 0.15) is 28.9 Å². The number of para-hydroxylation sites is 1. The Morgan fingerprint density at radius 1 is 1.32 bits per heavy atom. The number of fused-ring (bicyclic) bond motifs is 1. The average molecular weight is 297 g/mol. The van der Waals surface area contributed by atoms with E-state index >= 15 is 0 Å². The van der Waals surface area contributed by atoms with Crippen LogP contribution in [0.3, 0.4) is 0 Å². The Kier molecular flexibility index (Phi) is 4.39. The molecule has 116 valence electrons. The first-order valence-corrected chi connectivity index (χ1v) is 7.99. The van der Waals surface area contributed by atoms with E-state index in [1.807, 2.05) is 49.2 Å². The molecule has 3 rings (SSSR count). The lowest BCUT2D eigenvalue weighted by molar-refractivity contribution is 0.0692. The number of aryl methyl sites for hydroxylation is 1. The first-order chi connectivity index (χ1) is 10.7. The number of hydrogen-bond acceptors (Lipinski definition) is 3. The summed E-state index contributed by atoms with van der Waals surface area (Å²) in [6, 6.07) is 9.81. The number of carbonyl (C=O) groups excluding carboxylic acids is 1. The van der Waals surface area contributed by atoms with Crippen LogP contribution in [0.4, 0.5) is 0 Å². The van der Waals surface area contributed by atoms with Gasteiger partial charge in [-0.25, -0.2) is 0 Å². The zero-order valence-corrected chi connectivity index (χ0v) is 13.3.